The fraction of sp³-hybridized carbons (Fsp3) is 0.533. The number of rotatable bonds is 5. The molecule has 0 bridgehead atoms. The van der Waals surface area contributed by atoms with Crippen LogP contribution in [0.2, 0.25) is 0 Å². The Morgan fingerprint density at radius 2 is 1.83 bits per heavy atom. The van der Waals surface area contributed by atoms with Crippen molar-refractivity contribution in [3.63, 3.8) is 0 Å². The molecule has 8 heteroatoms. The van der Waals surface area contributed by atoms with E-state index in [1.54, 1.807) is 4.90 Å². The lowest BCUT2D eigenvalue weighted by atomic mass is 10.2. The maximum absolute atomic E-state index is 12.8. The number of carbonyl (C=O) groups is 1. The SMILES string of the molecule is O=C(CO)N1CCN(CCOc2ccccc2C(F)(F)F)CC1. The zero-order chi connectivity index (χ0) is 16.9. The Kier molecular flexibility index (Phi) is 5.84. The highest BCUT2D eigenvalue weighted by molar-refractivity contribution is 5.77. The highest BCUT2D eigenvalue weighted by Crippen LogP contribution is 2.35. The maximum atomic E-state index is 12.8. The third-order valence-electron chi connectivity index (χ3n) is 3.72. The Balaban J connectivity index is 1.80. The van der Waals surface area contributed by atoms with E-state index in [1.165, 1.54) is 18.2 Å². The molecule has 0 radical (unpaired) electrons. The van der Waals surface area contributed by atoms with Gasteiger partial charge in [-0.1, -0.05) is 12.1 Å². The van der Waals surface area contributed by atoms with Crippen molar-refractivity contribution >= 4 is 5.91 Å². The van der Waals surface area contributed by atoms with Crippen molar-refractivity contribution < 1.29 is 27.8 Å². The molecule has 1 heterocycles. The van der Waals surface area contributed by atoms with E-state index in [-0.39, 0.29) is 18.3 Å². The number of nitrogens with zero attached hydrogens (tertiary/aromatic N) is 2. The average molecular weight is 332 g/mol. The van der Waals surface area contributed by atoms with Crippen LogP contribution < -0.4 is 4.74 Å². The molecule has 23 heavy (non-hydrogen) atoms. The number of piperazine rings is 1. The maximum Gasteiger partial charge on any atom is 0.419 e. The number of carbonyl (C=O) groups excluding carboxylic acids is 1. The van der Waals surface area contributed by atoms with Crippen LogP contribution in [0.25, 0.3) is 0 Å². The van der Waals surface area contributed by atoms with Crippen molar-refractivity contribution in [2.24, 2.45) is 0 Å². The van der Waals surface area contributed by atoms with Gasteiger partial charge in [-0.05, 0) is 12.1 Å². The minimum absolute atomic E-state index is 0.140. The third-order valence-corrected chi connectivity index (χ3v) is 3.72. The van der Waals surface area contributed by atoms with Gasteiger partial charge in [0.05, 0.1) is 5.56 Å². The summed E-state index contributed by atoms with van der Waals surface area (Å²) in [6.45, 7) is 2.33. The quantitative estimate of drug-likeness (QED) is 0.881. The molecule has 0 spiro atoms. The molecule has 0 saturated carbocycles. The first-order valence-corrected chi connectivity index (χ1v) is 7.32. The summed E-state index contributed by atoms with van der Waals surface area (Å²) >= 11 is 0. The standard InChI is InChI=1S/C15H19F3N2O3/c16-15(17,18)12-3-1-2-4-13(12)23-10-9-19-5-7-20(8-6-19)14(22)11-21/h1-4,21H,5-11H2. The molecule has 1 aliphatic heterocycles. The van der Waals surface area contributed by atoms with Gasteiger partial charge >= 0.3 is 6.18 Å². The Bertz CT molecular complexity index is 529. The minimum atomic E-state index is -4.44. The van der Waals surface area contributed by atoms with E-state index in [0.717, 1.165) is 6.07 Å². The smallest absolute Gasteiger partial charge is 0.419 e. The molecule has 128 valence electrons. The highest BCUT2D eigenvalue weighted by Gasteiger charge is 2.34. The number of hydrogen-bond donors (Lipinski definition) is 1. The number of para-hydroxylation sites is 1. The fourth-order valence-corrected chi connectivity index (χ4v) is 2.43. The van der Waals surface area contributed by atoms with Crippen molar-refractivity contribution in [1.29, 1.82) is 0 Å². The summed E-state index contributed by atoms with van der Waals surface area (Å²) in [5.74, 6) is -0.478. The average Bonchev–Trinajstić information content (AvgIpc) is 2.54. The molecule has 1 aromatic rings. The van der Waals surface area contributed by atoms with Crippen LogP contribution in [0.15, 0.2) is 24.3 Å². The zero-order valence-electron chi connectivity index (χ0n) is 12.6. The first-order chi connectivity index (χ1) is 10.9. The van der Waals surface area contributed by atoms with Crippen LogP contribution >= 0.6 is 0 Å². The van der Waals surface area contributed by atoms with Crippen LogP contribution in [0.1, 0.15) is 5.56 Å². The van der Waals surface area contributed by atoms with Crippen LogP contribution in [0, 0.1) is 0 Å². The number of halogens is 3. The lowest BCUT2D eigenvalue weighted by molar-refractivity contribution is -0.139. The summed E-state index contributed by atoms with van der Waals surface area (Å²) in [6.07, 6.45) is -4.44. The van der Waals surface area contributed by atoms with Gasteiger partial charge in [0.25, 0.3) is 0 Å². The molecule has 0 aliphatic carbocycles. The van der Waals surface area contributed by atoms with Crippen molar-refractivity contribution in [1.82, 2.24) is 9.80 Å². The van der Waals surface area contributed by atoms with Crippen molar-refractivity contribution in [2.75, 3.05) is 45.9 Å². The summed E-state index contributed by atoms with van der Waals surface area (Å²) in [7, 11) is 0. The first-order valence-electron chi connectivity index (χ1n) is 7.32. The monoisotopic (exact) mass is 332 g/mol. The Hall–Kier alpha value is -1.80. The van der Waals surface area contributed by atoms with Gasteiger partial charge < -0.3 is 14.7 Å². The number of ether oxygens (including phenoxy) is 1. The summed E-state index contributed by atoms with van der Waals surface area (Å²) in [5.41, 5.74) is -0.779. The van der Waals surface area contributed by atoms with E-state index in [2.05, 4.69) is 0 Å². The highest BCUT2D eigenvalue weighted by atomic mass is 19.4. The minimum Gasteiger partial charge on any atom is -0.492 e. The van der Waals surface area contributed by atoms with E-state index in [1.807, 2.05) is 4.90 Å². The molecule has 1 N–H and O–H groups in total. The fourth-order valence-electron chi connectivity index (χ4n) is 2.43. The van der Waals surface area contributed by atoms with Gasteiger partial charge in [-0.15, -0.1) is 0 Å². The normalized spacial score (nSPS) is 16.4. The lowest BCUT2D eigenvalue weighted by Gasteiger charge is -2.34. The van der Waals surface area contributed by atoms with Crippen molar-refractivity contribution in [3.05, 3.63) is 29.8 Å². The van der Waals surface area contributed by atoms with Crippen molar-refractivity contribution in [3.8, 4) is 5.75 Å². The zero-order valence-corrected chi connectivity index (χ0v) is 12.6. The van der Waals surface area contributed by atoms with Crippen LogP contribution in [0.5, 0.6) is 5.75 Å². The second kappa shape index (κ2) is 7.65. The summed E-state index contributed by atoms with van der Waals surface area (Å²) in [6, 6.07) is 5.13. The molecule has 0 unspecified atom stereocenters. The van der Waals surface area contributed by atoms with E-state index in [9.17, 15) is 18.0 Å². The van der Waals surface area contributed by atoms with E-state index < -0.39 is 18.3 Å². The molecule has 1 aliphatic rings. The predicted octanol–water partition coefficient (Wildman–Crippen LogP) is 1.22. The second-order valence-electron chi connectivity index (χ2n) is 5.22. The molecule has 1 saturated heterocycles. The molecule has 5 nitrogen and oxygen atoms in total. The molecule has 1 fully saturated rings. The molecule has 1 amide bonds. The predicted molar refractivity (Wildman–Crippen MR) is 77.0 cm³/mol. The molecular weight excluding hydrogens is 313 g/mol. The van der Waals surface area contributed by atoms with E-state index >= 15 is 0 Å². The molecule has 1 aromatic carbocycles. The first kappa shape index (κ1) is 17.6. The van der Waals surface area contributed by atoms with Crippen LogP contribution in [-0.2, 0) is 11.0 Å². The Morgan fingerprint density at radius 1 is 1.17 bits per heavy atom. The summed E-state index contributed by atoms with van der Waals surface area (Å²) < 4.78 is 43.8. The van der Waals surface area contributed by atoms with E-state index in [4.69, 9.17) is 9.84 Å². The van der Waals surface area contributed by atoms with Gasteiger partial charge in [-0.25, -0.2) is 0 Å². The van der Waals surface area contributed by atoms with Crippen LogP contribution in [0.4, 0.5) is 13.2 Å². The molecule has 2 rings (SSSR count). The van der Waals surface area contributed by atoms with Gasteiger partial charge in [-0.3, -0.25) is 9.69 Å². The number of alkyl halides is 3. The van der Waals surface area contributed by atoms with Crippen LogP contribution in [0.3, 0.4) is 0 Å². The van der Waals surface area contributed by atoms with Gasteiger partial charge in [0.2, 0.25) is 5.91 Å². The third kappa shape index (κ3) is 4.84. The lowest BCUT2D eigenvalue weighted by Crippen LogP contribution is -2.50. The summed E-state index contributed by atoms with van der Waals surface area (Å²) in [5, 5.41) is 8.80. The second-order valence-corrected chi connectivity index (χ2v) is 5.22. The number of aliphatic hydroxyl groups is 1. The topological polar surface area (TPSA) is 53.0 Å². The van der Waals surface area contributed by atoms with Gasteiger partial charge in [0, 0.05) is 32.7 Å². The van der Waals surface area contributed by atoms with E-state index in [0.29, 0.717) is 32.7 Å². The largest absolute Gasteiger partial charge is 0.492 e. The van der Waals surface area contributed by atoms with Gasteiger partial charge in [0.1, 0.15) is 19.0 Å². The summed E-state index contributed by atoms with van der Waals surface area (Å²) in [4.78, 5) is 14.9. The van der Waals surface area contributed by atoms with Crippen LogP contribution in [-0.4, -0.2) is 66.8 Å². The number of aliphatic hydroxyl groups excluding tert-OH is 1. The molecule has 0 aromatic heterocycles. The molecular formula is C15H19F3N2O3. The molecule has 0 atom stereocenters. The Labute approximate surface area is 132 Å². The number of benzene rings is 1. The number of hydrogen-bond acceptors (Lipinski definition) is 4. The van der Waals surface area contributed by atoms with Gasteiger partial charge in [-0.2, -0.15) is 13.2 Å². The number of amides is 1. The van der Waals surface area contributed by atoms with Crippen molar-refractivity contribution in [2.45, 2.75) is 6.18 Å². The Morgan fingerprint density at radius 3 is 2.43 bits per heavy atom. The van der Waals surface area contributed by atoms with Gasteiger partial charge in [0.15, 0.2) is 0 Å².